The van der Waals surface area contributed by atoms with Crippen LogP contribution in [-0.2, 0) is 4.74 Å². The maximum Gasteiger partial charge on any atom is 0.0845 e. The minimum Gasteiger partial charge on any atom is -0.502 e. The summed E-state index contributed by atoms with van der Waals surface area (Å²) in [7, 11) is 0. The molecule has 1 heteroatoms. The molecule has 0 saturated heterocycles. The molecule has 0 aromatic carbocycles. The van der Waals surface area contributed by atoms with E-state index in [1.807, 2.05) is 13.2 Å². The molecule has 0 aliphatic rings. The third-order valence-electron chi connectivity index (χ3n) is 3.83. The lowest BCUT2D eigenvalue weighted by Gasteiger charge is -2.02. The van der Waals surface area contributed by atoms with Crippen molar-refractivity contribution in [2.45, 2.75) is 104 Å². The van der Waals surface area contributed by atoms with E-state index in [4.69, 9.17) is 4.74 Å². The van der Waals surface area contributed by atoms with Crippen LogP contribution in [0.1, 0.15) is 104 Å². The molecule has 0 aromatic rings. The molecule has 120 valence electrons. The molecule has 0 aromatic heterocycles. The van der Waals surface area contributed by atoms with Crippen LogP contribution in [0.25, 0.3) is 0 Å². The SMILES string of the molecule is CCCCCCCCCCCCCCCC=COCC. The van der Waals surface area contributed by atoms with Gasteiger partial charge in [-0.2, -0.15) is 0 Å². The molecule has 0 rings (SSSR count). The number of hydrogen-bond donors (Lipinski definition) is 0. The van der Waals surface area contributed by atoms with Gasteiger partial charge in [-0.15, -0.1) is 0 Å². The highest BCUT2D eigenvalue weighted by Crippen LogP contribution is 2.12. The maximum absolute atomic E-state index is 5.17. The number of unbranched alkanes of at least 4 members (excludes halogenated alkanes) is 13. The Morgan fingerprint density at radius 1 is 0.600 bits per heavy atom. The minimum absolute atomic E-state index is 0.787. The molecule has 0 unspecified atom stereocenters. The van der Waals surface area contributed by atoms with Crippen LogP contribution in [0, 0.1) is 0 Å². The van der Waals surface area contributed by atoms with Gasteiger partial charge in [-0.1, -0.05) is 84.0 Å². The van der Waals surface area contributed by atoms with Crippen molar-refractivity contribution in [2.24, 2.45) is 0 Å². The Labute approximate surface area is 128 Å². The average molecular weight is 283 g/mol. The minimum atomic E-state index is 0.787. The van der Waals surface area contributed by atoms with E-state index >= 15 is 0 Å². The fourth-order valence-corrected chi connectivity index (χ4v) is 2.51. The van der Waals surface area contributed by atoms with Crippen LogP contribution in [0.5, 0.6) is 0 Å². The van der Waals surface area contributed by atoms with Gasteiger partial charge in [-0.3, -0.25) is 0 Å². The van der Waals surface area contributed by atoms with Crippen molar-refractivity contribution in [1.29, 1.82) is 0 Å². The van der Waals surface area contributed by atoms with Crippen LogP contribution in [0.4, 0.5) is 0 Å². The van der Waals surface area contributed by atoms with Crippen LogP contribution in [0.2, 0.25) is 0 Å². The normalized spacial score (nSPS) is 11.3. The molecule has 0 aliphatic carbocycles. The second-order valence-electron chi connectivity index (χ2n) is 5.86. The Morgan fingerprint density at radius 3 is 1.50 bits per heavy atom. The number of hydrogen-bond acceptors (Lipinski definition) is 1. The van der Waals surface area contributed by atoms with Crippen LogP contribution in [0.15, 0.2) is 12.3 Å². The summed E-state index contributed by atoms with van der Waals surface area (Å²) in [5.41, 5.74) is 0. The van der Waals surface area contributed by atoms with E-state index in [9.17, 15) is 0 Å². The molecular formula is C19H38O. The van der Waals surface area contributed by atoms with Crippen LogP contribution < -0.4 is 0 Å². The lowest BCUT2D eigenvalue weighted by atomic mass is 10.0. The summed E-state index contributed by atoms with van der Waals surface area (Å²) in [5, 5.41) is 0. The molecule has 0 saturated carbocycles. The highest BCUT2D eigenvalue weighted by atomic mass is 16.5. The Balaban J connectivity index is 2.96. The molecule has 0 amide bonds. The highest BCUT2D eigenvalue weighted by Gasteiger charge is 1.93. The first-order chi connectivity index (χ1) is 9.91. The summed E-state index contributed by atoms with van der Waals surface area (Å²) in [6.45, 7) is 5.10. The van der Waals surface area contributed by atoms with Crippen LogP contribution in [0.3, 0.4) is 0 Å². The van der Waals surface area contributed by atoms with Gasteiger partial charge in [0.25, 0.3) is 0 Å². The third kappa shape index (κ3) is 17.5. The molecule has 1 nitrogen and oxygen atoms in total. The van der Waals surface area contributed by atoms with E-state index in [0.717, 1.165) is 6.61 Å². The molecule has 0 fully saturated rings. The third-order valence-corrected chi connectivity index (χ3v) is 3.83. The molecule has 0 atom stereocenters. The monoisotopic (exact) mass is 282 g/mol. The summed E-state index contributed by atoms with van der Waals surface area (Å²) < 4.78 is 5.17. The topological polar surface area (TPSA) is 9.23 Å². The zero-order chi connectivity index (χ0) is 14.7. The summed E-state index contributed by atoms with van der Waals surface area (Å²) in [6, 6.07) is 0. The van der Waals surface area contributed by atoms with Gasteiger partial charge in [0.1, 0.15) is 0 Å². The van der Waals surface area contributed by atoms with Crippen LogP contribution in [-0.4, -0.2) is 6.61 Å². The van der Waals surface area contributed by atoms with Crippen molar-refractivity contribution in [1.82, 2.24) is 0 Å². The summed E-state index contributed by atoms with van der Waals surface area (Å²) in [5.74, 6) is 0. The van der Waals surface area contributed by atoms with E-state index in [-0.39, 0.29) is 0 Å². The fraction of sp³-hybridized carbons (Fsp3) is 0.895. The van der Waals surface area contributed by atoms with Gasteiger partial charge < -0.3 is 4.74 Å². The molecule has 20 heavy (non-hydrogen) atoms. The first kappa shape index (κ1) is 19.5. The molecule has 0 N–H and O–H groups in total. The van der Waals surface area contributed by atoms with Crippen molar-refractivity contribution in [2.75, 3.05) is 6.61 Å². The smallest absolute Gasteiger partial charge is 0.0845 e. The zero-order valence-electron chi connectivity index (χ0n) is 14.2. The van der Waals surface area contributed by atoms with Crippen molar-refractivity contribution in [3.05, 3.63) is 12.3 Å². The summed E-state index contributed by atoms with van der Waals surface area (Å²) >= 11 is 0. The van der Waals surface area contributed by atoms with E-state index < -0.39 is 0 Å². The van der Waals surface area contributed by atoms with E-state index in [1.165, 1.54) is 89.9 Å². The average Bonchev–Trinajstić information content (AvgIpc) is 2.47. The van der Waals surface area contributed by atoms with Gasteiger partial charge in [-0.05, 0) is 25.8 Å². The van der Waals surface area contributed by atoms with Crippen molar-refractivity contribution < 1.29 is 4.74 Å². The Morgan fingerprint density at radius 2 is 1.05 bits per heavy atom. The predicted molar refractivity (Wildman–Crippen MR) is 91.1 cm³/mol. The molecular weight excluding hydrogens is 244 g/mol. The van der Waals surface area contributed by atoms with Crippen molar-refractivity contribution in [3.8, 4) is 0 Å². The molecule has 0 bridgehead atoms. The summed E-state index contributed by atoms with van der Waals surface area (Å²) in [4.78, 5) is 0. The van der Waals surface area contributed by atoms with Crippen molar-refractivity contribution in [3.63, 3.8) is 0 Å². The Hall–Kier alpha value is -0.460. The second-order valence-corrected chi connectivity index (χ2v) is 5.86. The van der Waals surface area contributed by atoms with E-state index in [2.05, 4.69) is 13.0 Å². The molecule has 0 aliphatic heterocycles. The van der Waals surface area contributed by atoms with E-state index in [0.29, 0.717) is 0 Å². The van der Waals surface area contributed by atoms with Gasteiger partial charge in [0, 0.05) is 0 Å². The first-order valence-corrected chi connectivity index (χ1v) is 9.18. The fourth-order valence-electron chi connectivity index (χ4n) is 2.51. The van der Waals surface area contributed by atoms with Gasteiger partial charge in [0.2, 0.25) is 0 Å². The largest absolute Gasteiger partial charge is 0.502 e. The standard InChI is InChI=1S/C19H38O/c1-3-5-6-7-8-9-10-11-12-13-14-15-16-17-18-19-20-4-2/h18-19H,3-17H2,1-2H3. The summed E-state index contributed by atoms with van der Waals surface area (Å²) in [6.07, 6.45) is 23.7. The Kier molecular flexibility index (Phi) is 18.1. The highest BCUT2D eigenvalue weighted by molar-refractivity contribution is 4.72. The maximum atomic E-state index is 5.17. The van der Waals surface area contributed by atoms with Gasteiger partial charge >= 0.3 is 0 Å². The lowest BCUT2D eigenvalue weighted by molar-refractivity contribution is 0.268. The molecule has 0 spiro atoms. The quantitative estimate of drug-likeness (QED) is 0.218. The zero-order valence-corrected chi connectivity index (χ0v) is 14.2. The van der Waals surface area contributed by atoms with Gasteiger partial charge in [0.05, 0.1) is 12.9 Å². The van der Waals surface area contributed by atoms with Crippen LogP contribution >= 0.6 is 0 Å². The molecule has 0 heterocycles. The Bertz CT molecular complexity index is 186. The van der Waals surface area contributed by atoms with Crippen molar-refractivity contribution >= 4 is 0 Å². The van der Waals surface area contributed by atoms with E-state index in [1.54, 1.807) is 0 Å². The predicted octanol–water partition coefficient (Wildman–Crippen LogP) is 7.02. The van der Waals surface area contributed by atoms with Gasteiger partial charge in [0.15, 0.2) is 0 Å². The number of rotatable bonds is 16. The number of ether oxygens (including phenoxy) is 1. The van der Waals surface area contributed by atoms with Gasteiger partial charge in [-0.25, -0.2) is 0 Å². The number of allylic oxidation sites excluding steroid dienone is 1. The molecule has 0 radical (unpaired) electrons. The second kappa shape index (κ2) is 18.5. The first-order valence-electron chi connectivity index (χ1n) is 9.18. The lowest BCUT2D eigenvalue weighted by Crippen LogP contribution is -1.83.